The summed E-state index contributed by atoms with van der Waals surface area (Å²) in [6.07, 6.45) is 3.67. The number of nitrogens with one attached hydrogen (secondary N) is 1. The lowest BCUT2D eigenvalue weighted by Crippen LogP contribution is -2.05. The Kier molecular flexibility index (Phi) is 8.24. The predicted molar refractivity (Wildman–Crippen MR) is 145 cm³/mol. The Morgan fingerprint density at radius 2 is 2.08 bits per heavy atom. The summed E-state index contributed by atoms with van der Waals surface area (Å²) in [6, 6.07) is 10.1. The molecule has 0 amide bonds. The van der Waals surface area contributed by atoms with Gasteiger partial charge in [0.25, 0.3) is 0 Å². The van der Waals surface area contributed by atoms with Crippen LogP contribution in [0.5, 0.6) is 5.75 Å². The van der Waals surface area contributed by atoms with Gasteiger partial charge >= 0.3 is 5.97 Å². The van der Waals surface area contributed by atoms with E-state index < -0.39 is 11.8 Å². The number of pyridine rings is 1. The largest absolute Gasteiger partial charge is 0.491 e. The van der Waals surface area contributed by atoms with E-state index in [2.05, 4.69) is 15.3 Å². The van der Waals surface area contributed by atoms with E-state index in [1.165, 1.54) is 28.7 Å². The number of carbonyl (C=O) groups is 1. The van der Waals surface area contributed by atoms with Crippen LogP contribution >= 0.6 is 36.2 Å². The van der Waals surface area contributed by atoms with Crippen LogP contribution < -0.4 is 10.1 Å². The maximum absolute atomic E-state index is 15.0. The van der Waals surface area contributed by atoms with Crippen LogP contribution in [-0.4, -0.2) is 41.4 Å². The van der Waals surface area contributed by atoms with Crippen LogP contribution in [0.2, 0.25) is 0 Å². The number of halogens is 1. The first-order chi connectivity index (χ1) is 17.0. The van der Waals surface area contributed by atoms with Gasteiger partial charge in [-0.1, -0.05) is 6.07 Å². The molecule has 0 saturated heterocycles. The number of hydrogen-bond donors (Lipinski definition) is 2. The molecule has 0 bridgehead atoms. The Hall–Kier alpha value is -2.99. The van der Waals surface area contributed by atoms with Crippen LogP contribution in [0.25, 0.3) is 21.7 Å². The van der Waals surface area contributed by atoms with E-state index in [1.807, 2.05) is 17.5 Å². The highest BCUT2D eigenvalue weighted by Gasteiger charge is 2.31. The van der Waals surface area contributed by atoms with E-state index in [1.54, 1.807) is 31.5 Å². The molecule has 0 atom stereocenters. The van der Waals surface area contributed by atoms with Gasteiger partial charge in [-0.3, -0.25) is 0 Å². The number of thiophene rings is 1. The predicted octanol–water partition coefficient (Wildman–Crippen LogP) is 6.53. The number of methoxy groups -OCH3 is 1. The van der Waals surface area contributed by atoms with E-state index in [0.29, 0.717) is 41.3 Å². The summed E-state index contributed by atoms with van der Waals surface area (Å²) < 4.78 is 25.5. The van der Waals surface area contributed by atoms with Crippen molar-refractivity contribution in [1.29, 1.82) is 0 Å². The van der Waals surface area contributed by atoms with Crippen LogP contribution in [0.3, 0.4) is 0 Å². The van der Waals surface area contributed by atoms with Gasteiger partial charge in [0.15, 0.2) is 5.13 Å². The fraction of sp³-hybridized carbons (Fsp3) is 0.240. The van der Waals surface area contributed by atoms with Crippen LogP contribution in [0.1, 0.15) is 34.0 Å². The molecule has 4 aromatic rings. The monoisotopic (exact) mass is 545 g/mol. The van der Waals surface area contributed by atoms with Crippen molar-refractivity contribution in [3.8, 4) is 27.4 Å². The van der Waals surface area contributed by atoms with Crippen molar-refractivity contribution >= 4 is 53.1 Å². The van der Waals surface area contributed by atoms with E-state index in [9.17, 15) is 9.90 Å². The van der Waals surface area contributed by atoms with E-state index in [0.717, 1.165) is 28.2 Å². The van der Waals surface area contributed by atoms with Crippen molar-refractivity contribution in [3.63, 3.8) is 0 Å². The van der Waals surface area contributed by atoms with Gasteiger partial charge in [0.05, 0.1) is 12.3 Å². The molecule has 1 aliphatic rings. The fourth-order valence-electron chi connectivity index (χ4n) is 3.63. The molecule has 188 valence electrons. The standard InChI is InChI=1S/C25H22FN3O4S2.H2S/c1-32-8-9-33-16-6-7-17(19(26)12-16)21-22(14-4-5-14)35-25(28-21)29-23-18(24(30)31)11-15(13-27-23)20-3-2-10-34-20;/h2-3,6-7,10-14H,4-5,8-9H2,1H3,(H,30,31)(H,27,28,29);1H2. The molecule has 1 saturated carbocycles. The molecule has 7 nitrogen and oxygen atoms in total. The molecule has 1 aromatic carbocycles. The number of rotatable bonds is 10. The normalized spacial score (nSPS) is 12.7. The van der Waals surface area contributed by atoms with Gasteiger partial charge in [-0.2, -0.15) is 13.5 Å². The fourth-order valence-corrected chi connectivity index (χ4v) is 5.48. The highest BCUT2D eigenvalue weighted by Crippen LogP contribution is 2.49. The molecule has 36 heavy (non-hydrogen) atoms. The third-order valence-electron chi connectivity index (χ3n) is 5.50. The molecule has 0 spiro atoms. The molecule has 5 rings (SSSR count). The van der Waals surface area contributed by atoms with Crippen LogP contribution in [0, 0.1) is 5.82 Å². The maximum atomic E-state index is 15.0. The van der Waals surface area contributed by atoms with Crippen LogP contribution in [0.4, 0.5) is 15.3 Å². The summed E-state index contributed by atoms with van der Waals surface area (Å²) in [5, 5.41) is 15.2. The first-order valence-corrected chi connectivity index (χ1v) is 12.7. The first-order valence-electron chi connectivity index (χ1n) is 11.0. The number of benzene rings is 1. The summed E-state index contributed by atoms with van der Waals surface area (Å²) in [6.45, 7) is 0.745. The molecule has 0 radical (unpaired) electrons. The molecular formula is C25H24FN3O4S3. The molecule has 0 aliphatic heterocycles. The zero-order chi connectivity index (χ0) is 24.4. The average Bonchev–Trinajstić information content (AvgIpc) is 3.37. The van der Waals surface area contributed by atoms with Crippen molar-refractivity contribution in [2.24, 2.45) is 0 Å². The van der Waals surface area contributed by atoms with E-state index in [4.69, 9.17) is 9.47 Å². The Bertz CT molecular complexity index is 1360. The van der Waals surface area contributed by atoms with Crippen molar-refractivity contribution in [2.75, 3.05) is 25.6 Å². The number of carboxylic acid groups (broad SMARTS) is 1. The minimum Gasteiger partial charge on any atom is -0.491 e. The van der Waals surface area contributed by atoms with E-state index >= 15 is 4.39 Å². The Morgan fingerprint density at radius 3 is 2.75 bits per heavy atom. The molecule has 1 aliphatic carbocycles. The zero-order valence-electron chi connectivity index (χ0n) is 19.3. The lowest BCUT2D eigenvalue weighted by atomic mass is 10.1. The van der Waals surface area contributed by atoms with Crippen molar-refractivity contribution in [1.82, 2.24) is 9.97 Å². The Morgan fingerprint density at radius 1 is 1.25 bits per heavy atom. The summed E-state index contributed by atoms with van der Waals surface area (Å²) in [5.41, 5.74) is 1.73. The number of hydrogen-bond acceptors (Lipinski definition) is 8. The quantitative estimate of drug-likeness (QED) is 0.219. The van der Waals surface area contributed by atoms with Crippen LogP contribution in [-0.2, 0) is 4.74 Å². The third-order valence-corrected chi connectivity index (χ3v) is 7.55. The second-order valence-electron chi connectivity index (χ2n) is 8.02. The summed E-state index contributed by atoms with van der Waals surface area (Å²) in [5.74, 6) is -0.576. The highest BCUT2D eigenvalue weighted by atomic mass is 32.1. The number of aromatic nitrogens is 2. The van der Waals surface area contributed by atoms with E-state index in [-0.39, 0.29) is 24.9 Å². The molecule has 1 fully saturated rings. The second-order valence-corrected chi connectivity index (χ2v) is 10.00. The smallest absolute Gasteiger partial charge is 0.339 e. The lowest BCUT2D eigenvalue weighted by Gasteiger charge is -2.08. The lowest BCUT2D eigenvalue weighted by molar-refractivity contribution is 0.0697. The molecule has 3 heterocycles. The van der Waals surface area contributed by atoms with Crippen LogP contribution in [0.15, 0.2) is 48.0 Å². The first kappa shape index (κ1) is 26.1. The second kappa shape index (κ2) is 11.4. The van der Waals surface area contributed by atoms with Crippen molar-refractivity contribution in [2.45, 2.75) is 18.8 Å². The van der Waals surface area contributed by atoms with Gasteiger partial charge in [0, 0.05) is 40.3 Å². The Balaban J connectivity index is 0.00000304. The number of aromatic carboxylic acids is 1. The van der Waals surface area contributed by atoms with Gasteiger partial charge in [-0.15, -0.1) is 22.7 Å². The molecule has 11 heteroatoms. The number of thiazole rings is 1. The summed E-state index contributed by atoms with van der Waals surface area (Å²) >= 11 is 2.92. The number of carboxylic acids is 1. The number of anilines is 2. The van der Waals surface area contributed by atoms with Crippen molar-refractivity contribution in [3.05, 3.63) is 64.2 Å². The maximum Gasteiger partial charge on any atom is 0.339 e. The van der Waals surface area contributed by atoms with Gasteiger partial charge in [0.2, 0.25) is 0 Å². The molecule has 3 aromatic heterocycles. The molecular weight excluding hydrogens is 521 g/mol. The summed E-state index contributed by atoms with van der Waals surface area (Å²) in [7, 11) is 1.58. The van der Waals surface area contributed by atoms with Gasteiger partial charge < -0.3 is 19.9 Å². The zero-order valence-corrected chi connectivity index (χ0v) is 21.9. The third kappa shape index (κ3) is 5.70. The topological polar surface area (TPSA) is 93.6 Å². The Labute approximate surface area is 222 Å². The number of nitrogens with zero attached hydrogens (tertiary/aromatic N) is 2. The summed E-state index contributed by atoms with van der Waals surface area (Å²) in [4.78, 5) is 22.9. The SMILES string of the molecule is COCCOc1ccc(-c2nc(Nc3ncc(-c4cccs4)cc3C(=O)O)sc2C2CC2)c(F)c1.S. The highest BCUT2D eigenvalue weighted by molar-refractivity contribution is 7.59. The molecule has 0 unspecified atom stereocenters. The minimum atomic E-state index is -1.09. The van der Waals surface area contributed by atoms with Gasteiger partial charge in [-0.25, -0.2) is 19.2 Å². The number of ether oxygens (including phenoxy) is 2. The minimum absolute atomic E-state index is 0. The van der Waals surface area contributed by atoms with Crippen molar-refractivity contribution < 1.29 is 23.8 Å². The average molecular weight is 546 g/mol. The molecule has 2 N–H and O–H groups in total. The van der Waals surface area contributed by atoms with Gasteiger partial charge in [-0.05, 0) is 48.4 Å². The van der Waals surface area contributed by atoms with Gasteiger partial charge in [0.1, 0.15) is 29.6 Å².